The van der Waals surface area contributed by atoms with Gasteiger partial charge in [0, 0.05) is 36.7 Å². The Morgan fingerprint density at radius 2 is 1.90 bits per heavy atom. The molecule has 0 aliphatic carbocycles. The number of hydrogen-bond acceptors (Lipinski definition) is 4. The van der Waals surface area contributed by atoms with Gasteiger partial charge in [-0.1, -0.05) is 18.2 Å². The van der Waals surface area contributed by atoms with E-state index in [1.165, 1.54) is 4.90 Å². The number of rotatable bonds is 5. The summed E-state index contributed by atoms with van der Waals surface area (Å²) in [7, 11) is 0. The number of urea groups is 1. The van der Waals surface area contributed by atoms with Gasteiger partial charge in [0.2, 0.25) is 11.8 Å². The molecule has 0 radical (unpaired) electrons. The van der Waals surface area contributed by atoms with Crippen LogP contribution in [0, 0.1) is 5.92 Å². The first kappa shape index (κ1) is 19.0. The highest BCUT2D eigenvalue weighted by Crippen LogP contribution is 2.19. The molecule has 2 aromatic rings. The van der Waals surface area contributed by atoms with E-state index in [4.69, 9.17) is 0 Å². The van der Waals surface area contributed by atoms with E-state index in [2.05, 4.69) is 15.6 Å². The molecule has 9 nitrogen and oxygen atoms in total. The lowest BCUT2D eigenvalue weighted by atomic mass is 9.96. The molecule has 0 spiro atoms. The Balaban J connectivity index is 1.24. The fourth-order valence-corrected chi connectivity index (χ4v) is 3.85. The number of H-pyrrole nitrogens is 1. The monoisotopic (exact) mass is 397 g/mol. The molecular weight excluding hydrogens is 374 g/mol. The van der Waals surface area contributed by atoms with E-state index in [1.54, 1.807) is 11.1 Å². The second-order valence-corrected chi connectivity index (χ2v) is 7.49. The van der Waals surface area contributed by atoms with Crippen LogP contribution in [0.1, 0.15) is 23.2 Å². The topological polar surface area (TPSA) is 115 Å². The first-order valence-electron chi connectivity index (χ1n) is 9.72. The van der Waals surface area contributed by atoms with E-state index in [0.717, 1.165) is 23.7 Å². The third-order valence-electron chi connectivity index (χ3n) is 5.55. The van der Waals surface area contributed by atoms with E-state index in [0.29, 0.717) is 31.1 Å². The zero-order chi connectivity index (χ0) is 20.4. The first-order valence-corrected chi connectivity index (χ1v) is 9.72. The van der Waals surface area contributed by atoms with Gasteiger partial charge in [0.15, 0.2) is 0 Å². The molecule has 9 heteroatoms. The number of amides is 5. The lowest BCUT2D eigenvalue weighted by molar-refractivity contribution is -0.133. The minimum absolute atomic E-state index is 0.0685. The Morgan fingerprint density at radius 1 is 1.14 bits per heavy atom. The molecule has 2 aliphatic heterocycles. The molecule has 3 N–H and O–H groups in total. The first-order chi connectivity index (χ1) is 14.0. The number of aromatic amines is 1. The summed E-state index contributed by atoms with van der Waals surface area (Å²) in [5.41, 5.74) is 1.56. The van der Waals surface area contributed by atoms with Crippen molar-refractivity contribution >= 4 is 34.7 Å². The average Bonchev–Trinajstić information content (AvgIpc) is 3.29. The highest BCUT2D eigenvalue weighted by atomic mass is 16.2. The standard InChI is InChI=1S/C20H23N5O4/c26-17-11-25(20(29)23-17)12-18(27)24-7-5-13(6-8-24)9-22-19(28)15-10-21-16-4-2-1-3-14(15)16/h1-4,10,13,21H,5-9,11-12H2,(H,22,28)(H,23,26,29). The van der Waals surface area contributed by atoms with Crippen LogP contribution in [0.3, 0.4) is 0 Å². The van der Waals surface area contributed by atoms with Crippen molar-refractivity contribution in [2.75, 3.05) is 32.7 Å². The normalized spacial score (nSPS) is 17.7. The second-order valence-electron chi connectivity index (χ2n) is 7.49. The van der Waals surface area contributed by atoms with Gasteiger partial charge in [0.05, 0.1) is 5.56 Å². The highest BCUT2D eigenvalue weighted by molar-refractivity contribution is 6.06. The van der Waals surface area contributed by atoms with Gasteiger partial charge >= 0.3 is 6.03 Å². The van der Waals surface area contributed by atoms with Crippen LogP contribution in [0.25, 0.3) is 10.9 Å². The molecule has 0 bridgehead atoms. The van der Waals surface area contributed by atoms with Crippen molar-refractivity contribution in [2.24, 2.45) is 5.92 Å². The van der Waals surface area contributed by atoms with Gasteiger partial charge in [0.1, 0.15) is 13.1 Å². The maximum Gasteiger partial charge on any atom is 0.325 e. The smallest absolute Gasteiger partial charge is 0.325 e. The molecule has 0 unspecified atom stereocenters. The van der Waals surface area contributed by atoms with Gasteiger partial charge in [-0.2, -0.15) is 0 Å². The Kier molecular flexibility index (Phi) is 5.20. The molecular formula is C20H23N5O4. The third kappa shape index (κ3) is 4.08. The summed E-state index contributed by atoms with van der Waals surface area (Å²) in [4.78, 5) is 53.7. The quantitative estimate of drug-likeness (QED) is 0.644. The number of imide groups is 1. The second kappa shape index (κ2) is 7.94. The van der Waals surface area contributed by atoms with E-state index in [9.17, 15) is 19.2 Å². The summed E-state index contributed by atoms with van der Waals surface area (Å²) in [6, 6.07) is 7.16. The van der Waals surface area contributed by atoms with Crippen LogP contribution < -0.4 is 10.6 Å². The Morgan fingerprint density at radius 3 is 2.62 bits per heavy atom. The summed E-state index contributed by atoms with van der Waals surface area (Å²) in [5.74, 6) is -0.348. The molecule has 29 heavy (non-hydrogen) atoms. The molecule has 2 aliphatic rings. The van der Waals surface area contributed by atoms with Crippen LogP contribution in [0.4, 0.5) is 4.79 Å². The highest BCUT2D eigenvalue weighted by Gasteiger charge is 2.31. The molecule has 4 rings (SSSR count). The van der Waals surface area contributed by atoms with Crippen LogP contribution in [0.15, 0.2) is 30.5 Å². The number of aromatic nitrogens is 1. The minimum Gasteiger partial charge on any atom is -0.360 e. The van der Waals surface area contributed by atoms with Crippen molar-refractivity contribution < 1.29 is 19.2 Å². The summed E-state index contributed by atoms with van der Waals surface area (Å²) >= 11 is 0. The van der Waals surface area contributed by atoms with Crippen molar-refractivity contribution in [3.05, 3.63) is 36.0 Å². The van der Waals surface area contributed by atoms with Crippen molar-refractivity contribution in [2.45, 2.75) is 12.8 Å². The van der Waals surface area contributed by atoms with E-state index in [-0.39, 0.29) is 30.8 Å². The van der Waals surface area contributed by atoms with Crippen molar-refractivity contribution in [1.82, 2.24) is 25.4 Å². The predicted molar refractivity (Wildman–Crippen MR) is 105 cm³/mol. The molecule has 0 atom stereocenters. The molecule has 3 heterocycles. The van der Waals surface area contributed by atoms with Gasteiger partial charge in [-0.05, 0) is 24.8 Å². The van der Waals surface area contributed by atoms with Crippen molar-refractivity contribution in [3.8, 4) is 0 Å². The average molecular weight is 397 g/mol. The number of hydrogen-bond donors (Lipinski definition) is 3. The lowest BCUT2D eigenvalue weighted by Crippen LogP contribution is -2.46. The fourth-order valence-electron chi connectivity index (χ4n) is 3.85. The number of likely N-dealkylation sites (tertiary alicyclic amines) is 1. The van der Waals surface area contributed by atoms with Crippen LogP contribution in [-0.2, 0) is 9.59 Å². The van der Waals surface area contributed by atoms with Crippen LogP contribution in [0.2, 0.25) is 0 Å². The fraction of sp³-hybridized carbons (Fsp3) is 0.400. The number of para-hydroxylation sites is 1. The van der Waals surface area contributed by atoms with Gasteiger partial charge < -0.3 is 20.1 Å². The number of carbonyl (C=O) groups excluding carboxylic acids is 4. The minimum atomic E-state index is -0.516. The molecule has 2 fully saturated rings. The molecule has 0 saturated carbocycles. The van der Waals surface area contributed by atoms with Crippen molar-refractivity contribution in [1.29, 1.82) is 0 Å². The van der Waals surface area contributed by atoms with Crippen LogP contribution >= 0.6 is 0 Å². The number of nitrogens with zero attached hydrogens (tertiary/aromatic N) is 2. The Hall–Kier alpha value is -3.36. The number of nitrogens with one attached hydrogen (secondary N) is 3. The molecule has 152 valence electrons. The Labute approximate surface area is 167 Å². The number of piperidine rings is 1. The van der Waals surface area contributed by atoms with Gasteiger partial charge in [-0.25, -0.2) is 4.79 Å². The number of benzene rings is 1. The largest absolute Gasteiger partial charge is 0.360 e. The summed E-state index contributed by atoms with van der Waals surface area (Å²) in [5, 5.41) is 6.06. The molecule has 1 aromatic heterocycles. The van der Waals surface area contributed by atoms with Crippen molar-refractivity contribution in [3.63, 3.8) is 0 Å². The lowest BCUT2D eigenvalue weighted by Gasteiger charge is -2.32. The maximum atomic E-state index is 12.5. The van der Waals surface area contributed by atoms with Crippen LogP contribution in [0.5, 0.6) is 0 Å². The summed E-state index contributed by atoms with van der Waals surface area (Å²) in [6.45, 7) is 1.57. The third-order valence-corrected chi connectivity index (χ3v) is 5.55. The van der Waals surface area contributed by atoms with Crippen LogP contribution in [-0.4, -0.2) is 71.3 Å². The number of carbonyl (C=O) groups is 4. The van der Waals surface area contributed by atoms with Gasteiger partial charge in [-0.15, -0.1) is 0 Å². The maximum absolute atomic E-state index is 12.5. The summed E-state index contributed by atoms with van der Waals surface area (Å²) < 4.78 is 0. The zero-order valence-corrected chi connectivity index (χ0v) is 15.9. The summed E-state index contributed by atoms with van der Waals surface area (Å²) in [6.07, 6.45) is 3.29. The zero-order valence-electron chi connectivity index (χ0n) is 15.9. The van der Waals surface area contributed by atoms with E-state index >= 15 is 0 Å². The van der Waals surface area contributed by atoms with Gasteiger partial charge in [-0.3, -0.25) is 19.7 Å². The number of fused-ring (bicyclic) bond motifs is 1. The molecule has 1 aromatic carbocycles. The molecule has 5 amide bonds. The Bertz CT molecular complexity index is 961. The predicted octanol–water partition coefficient (Wildman–Crippen LogP) is 0.688. The van der Waals surface area contributed by atoms with Gasteiger partial charge in [0.25, 0.3) is 5.91 Å². The molecule has 2 saturated heterocycles. The van der Waals surface area contributed by atoms with E-state index in [1.807, 2.05) is 24.3 Å². The SMILES string of the molecule is O=C1CN(CC(=O)N2CCC(CNC(=O)c3c[nH]c4ccccc34)CC2)C(=O)N1. The van der Waals surface area contributed by atoms with E-state index < -0.39 is 6.03 Å².